The molecule has 0 spiro atoms. The SMILES string of the molecule is COc1ccc(-n2c(-c3ccccc3)nnc2-c2ccccc2)cc1. The third-order valence-electron chi connectivity index (χ3n) is 4.06. The first-order chi connectivity index (χ1) is 12.4. The number of methoxy groups -OCH3 is 1. The Labute approximate surface area is 146 Å². The molecule has 0 amide bonds. The molecule has 0 fully saturated rings. The average Bonchev–Trinajstić information content (AvgIpc) is 3.14. The van der Waals surface area contributed by atoms with Crippen LogP contribution >= 0.6 is 0 Å². The highest BCUT2D eigenvalue weighted by atomic mass is 16.5. The highest BCUT2D eigenvalue weighted by Gasteiger charge is 2.16. The summed E-state index contributed by atoms with van der Waals surface area (Å²) in [5.74, 6) is 2.44. The summed E-state index contributed by atoms with van der Waals surface area (Å²) in [5.41, 5.74) is 3.03. The fourth-order valence-corrected chi connectivity index (χ4v) is 2.81. The summed E-state index contributed by atoms with van der Waals surface area (Å²) < 4.78 is 7.35. The predicted molar refractivity (Wildman–Crippen MR) is 98.8 cm³/mol. The average molecular weight is 327 g/mol. The number of hydrogen-bond donors (Lipinski definition) is 0. The molecule has 1 aromatic heterocycles. The van der Waals surface area contributed by atoms with Gasteiger partial charge in [0.05, 0.1) is 7.11 Å². The normalized spacial score (nSPS) is 10.6. The van der Waals surface area contributed by atoms with Crippen LogP contribution in [0.4, 0.5) is 0 Å². The van der Waals surface area contributed by atoms with E-state index in [2.05, 4.69) is 14.8 Å². The Bertz CT molecular complexity index is 904. The van der Waals surface area contributed by atoms with Crippen molar-refractivity contribution in [3.05, 3.63) is 84.9 Å². The molecule has 0 saturated heterocycles. The van der Waals surface area contributed by atoms with Crippen molar-refractivity contribution in [3.8, 4) is 34.2 Å². The second-order valence-electron chi connectivity index (χ2n) is 5.61. The van der Waals surface area contributed by atoms with Crippen LogP contribution in [0.15, 0.2) is 84.9 Å². The molecule has 4 aromatic rings. The number of aromatic nitrogens is 3. The Balaban J connectivity index is 1.93. The first-order valence-electron chi connectivity index (χ1n) is 8.07. The lowest BCUT2D eigenvalue weighted by molar-refractivity contribution is 0.415. The number of ether oxygens (including phenoxy) is 1. The maximum absolute atomic E-state index is 5.28. The molecule has 0 aliphatic carbocycles. The predicted octanol–water partition coefficient (Wildman–Crippen LogP) is 4.61. The van der Waals surface area contributed by atoms with Crippen LogP contribution in [0.5, 0.6) is 5.75 Å². The zero-order chi connectivity index (χ0) is 17.1. The lowest BCUT2D eigenvalue weighted by Gasteiger charge is -2.11. The second-order valence-corrected chi connectivity index (χ2v) is 5.61. The lowest BCUT2D eigenvalue weighted by Crippen LogP contribution is -2.00. The van der Waals surface area contributed by atoms with Gasteiger partial charge in [-0.05, 0) is 24.3 Å². The summed E-state index contributed by atoms with van der Waals surface area (Å²) in [6.07, 6.45) is 0. The lowest BCUT2D eigenvalue weighted by atomic mass is 10.1. The minimum absolute atomic E-state index is 0.810. The van der Waals surface area contributed by atoms with Crippen molar-refractivity contribution in [2.45, 2.75) is 0 Å². The number of nitrogens with zero attached hydrogens (tertiary/aromatic N) is 3. The van der Waals surface area contributed by atoms with E-state index in [1.807, 2.05) is 84.9 Å². The number of rotatable bonds is 4. The Morgan fingerprint density at radius 2 is 1.12 bits per heavy atom. The first-order valence-corrected chi connectivity index (χ1v) is 8.07. The zero-order valence-electron chi connectivity index (χ0n) is 13.8. The van der Waals surface area contributed by atoms with Crippen molar-refractivity contribution in [1.82, 2.24) is 14.8 Å². The molecule has 4 nitrogen and oxygen atoms in total. The second kappa shape index (κ2) is 6.61. The summed E-state index contributed by atoms with van der Waals surface area (Å²) in [6, 6.07) is 28.1. The highest BCUT2D eigenvalue weighted by molar-refractivity contribution is 5.66. The summed E-state index contributed by atoms with van der Waals surface area (Å²) >= 11 is 0. The van der Waals surface area contributed by atoms with Gasteiger partial charge in [0.25, 0.3) is 0 Å². The van der Waals surface area contributed by atoms with Gasteiger partial charge in [-0.1, -0.05) is 60.7 Å². The van der Waals surface area contributed by atoms with Crippen LogP contribution in [-0.2, 0) is 0 Å². The van der Waals surface area contributed by atoms with Gasteiger partial charge < -0.3 is 4.74 Å². The fourth-order valence-electron chi connectivity index (χ4n) is 2.81. The van der Waals surface area contributed by atoms with E-state index in [0.717, 1.165) is 34.2 Å². The van der Waals surface area contributed by atoms with Gasteiger partial charge in [-0.3, -0.25) is 4.57 Å². The van der Waals surface area contributed by atoms with E-state index >= 15 is 0 Å². The van der Waals surface area contributed by atoms with Crippen LogP contribution in [0, 0.1) is 0 Å². The van der Waals surface area contributed by atoms with Gasteiger partial charge in [0, 0.05) is 16.8 Å². The highest BCUT2D eigenvalue weighted by Crippen LogP contribution is 2.29. The van der Waals surface area contributed by atoms with Gasteiger partial charge in [-0.2, -0.15) is 0 Å². The third kappa shape index (κ3) is 2.90. The summed E-state index contributed by atoms with van der Waals surface area (Å²) in [4.78, 5) is 0. The first kappa shape index (κ1) is 15.1. The van der Waals surface area contributed by atoms with Gasteiger partial charge in [0.1, 0.15) is 5.75 Å². The Morgan fingerprint density at radius 3 is 1.56 bits per heavy atom. The molecule has 4 rings (SSSR count). The molecule has 0 unspecified atom stereocenters. The molecule has 0 bridgehead atoms. The summed E-state index contributed by atoms with van der Waals surface area (Å²) in [6.45, 7) is 0. The Hall–Kier alpha value is -3.40. The summed E-state index contributed by atoms with van der Waals surface area (Å²) in [5, 5.41) is 8.93. The van der Waals surface area contributed by atoms with E-state index in [1.165, 1.54) is 0 Å². The molecular formula is C21H17N3O. The maximum Gasteiger partial charge on any atom is 0.168 e. The molecule has 0 saturated carbocycles. The van der Waals surface area contributed by atoms with Crippen molar-refractivity contribution in [2.75, 3.05) is 7.11 Å². The van der Waals surface area contributed by atoms with Crippen LogP contribution in [-0.4, -0.2) is 21.9 Å². The van der Waals surface area contributed by atoms with E-state index in [9.17, 15) is 0 Å². The van der Waals surface area contributed by atoms with Crippen LogP contribution in [0.1, 0.15) is 0 Å². The van der Waals surface area contributed by atoms with Crippen molar-refractivity contribution < 1.29 is 4.74 Å². The molecule has 1 heterocycles. The van der Waals surface area contributed by atoms with E-state index in [1.54, 1.807) is 7.11 Å². The van der Waals surface area contributed by atoms with Gasteiger partial charge in [-0.15, -0.1) is 10.2 Å². The summed E-state index contributed by atoms with van der Waals surface area (Å²) in [7, 11) is 1.67. The molecule has 0 aliphatic heterocycles. The molecule has 0 aliphatic rings. The van der Waals surface area contributed by atoms with Crippen LogP contribution < -0.4 is 4.74 Å². The standard InChI is InChI=1S/C21H17N3O/c1-25-19-14-12-18(13-15-19)24-20(16-8-4-2-5-9-16)22-23-21(24)17-10-6-3-7-11-17/h2-15H,1H3. The van der Waals surface area contributed by atoms with Crippen molar-refractivity contribution in [2.24, 2.45) is 0 Å². The van der Waals surface area contributed by atoms with Crippen molar-refractivity contribution >= 4 is 0 Å². The van der Waals surface area contributed by atoms with Crippen LogP contribution in [0.25, 0.3) is 28.5 Å². The monoisotopic (exact) mass is 327 g/mol. The van der Waals surface area contributed by atoms with E-state index in [0.29, 0.717) is 0 Å². The van der Waals surface area contributed by atoms with E-state index in [-0.39, 0.29) is 0 Å². The molecular weight excluding hydrogens is 310 g/mol. The van der Waals surface area contributed by atoms with Crippen molar-refractivity contribution in [1.29, 1.82) is 0 Å². The number of hydrogen-bond acceptors (Lipinski definition) is 3. The van der Waals surface area contributed by atoms with Gasteiger partial charge in [0.15, 0.2) is 11.6 Å². The number of benzene rings is 3. The van der Waals surface area contributed by atoms with E-state index < -0.39 is 0 Å². The third-order valence-corrected chi connectivity index (χ3v) is 4.06. The smallest absolute Gasteiger partial charge is 0.168 e. The van der Waals surface area contributed by atoms with Gasteiger partial charge in [-0.25, -0.2) is 0 Å². The molecule has 0 radical (unpaired) electrons. The van der Waals surface area contributed by atoms with Gasteiger partial charge >= 0.3 is 0 Å². The minimum atomic E-state index is 0.810. The molecule has 122 valence electrons. The molecule has 0 atom stereocenters. The Morgan fingerprint density at radius 1 is 0.640 bits per heavy atom. The quantitative estimate of drug-likeness (QED) is 0.549. The molecule has 0 N–H and O–H groups in total. The largest absolute Gasteiger partial charge is 0.497 e. The fraction of sp³-hybridized carbons (Fsp3) is 0.0476. The maximum atomic E-state index is 5.28. The Kier molecular flexibility index (Phi) is 4.01. The molecule has 4 heteroatoms. The van der Waals surface area contributed by atoms with Crippen LogP contribution in [0.3, 0.4) is 0 Å². The molecule has 3 aromatic carbocycles. The topological polar surface area (TPSA) is 39.9 Å². The van der Waals surface area contributed by atoms with Gasteiger partial charge in [0.2, 0.25) is 0 Å². The molecule has 25 heavy (non-hydrogen) atoms. The van der Waals surface area contributed by atoms with Crippen molar-refractivity contribution in [3.63, 3.8) is 0 Å². The van der Waals surface area contributed by atoms with Crippen LogP contribution in [0.2, 0.25) is 0 Å². The van der Waals surface area contributed by atoms with E-state index in [4.69, 9.17) is 4.74 Å². The minimum Gasteiger partial charge on any atom is -0.497 e. The zero-order valence-corrected chi connectivity index (χ0v) is 13.8.